The van der Waals surface area contributed by atoms with Crippen LogP contribution in [0, 0.1) is 5.41 Å². The van der Waals surface area contributed by atoms with E-state index in [9.17, 15) is 0 Å². The average Bonchev–Trinajstić information content (AvgIpc) is 1.21. The summed E-state index contributed by atoms with van der Waals surface area (Å²) in [6.07, 6.45) is 0.647. The molecule has 0 radical (unpaired) electrons. The summed E-state index contributed by atoms with van der Waals surface area (Å²) < 4.78 is 0. The number of aliphatic hydroxyl groups excluding tert-OH is 1. The van der Waals surface area contributed by atoms with Gasteiger partial charge in [-0.3, -0.25) is 0 Å². The Labute approximate surface area is 55.7 Å². The largest absolute Gasteiger partial charge is 0.378 e. The second kappa shape index (κ2) is 2.70. The van der Waals surface area contributed by atoms with E-state index >= 15 is 0 Å². The molecule has 0 aliphatic rings. The number of halogens is 1. The summed E-state index contributed by atoms with van der Waals surface area (Å²) in [4.78, 5) is 0. The van der Waals surface area contributed by atoms with Gasteiger partial charge in [0.05, 0.1) is 0 Å². The van der Waals surface area contributed by atoms with Crippen molar-refractivity contribution in [3.63, 3.8) is 0 Å². The van der Waals surface area contributed by atoms with Gasteiger partial charge in [0, 0.05) is 0 Å². The Kier molecular flexibility index (Phi) is 2.78. The van der Waals surface area contributed by atoms with Gasteiger partial charge in [0.25, 0.3) is 0 Å². The first-order chi connectivity index (χ1) is 3.42. The Bertz CT molecular complexity index is 63.4. The van der Waals surface area contributed by atoms with Gasteiger partial charge in [-0.25, -0.2) is 0 Å². The lowest BCUT2D eigenvalue weighted by atomic mass is 9.93. The normalized spacial score (nSPS) is 16.1. The third-order valence-electron chi connectivity index (χ3n) is 0.781. The third kappa shape index (κ3) is 6.25. The molecule has 0 amide bonds. The van der Waals surface area contributed by atoms with Crippen LogP contribution in [-0.4, -0.2) is 10.7 Å². The number of alkyl halides is 1. The fourth-order valence-electron chi connectivity index (χ4n) is 0.505. The van der Waals surface area contributed by atoms with Crippen LogP contribution in [0.25, 0.3) is 0 Å². The molecule has 0 bridgehead atoms. The Morgan fingerprint density at radius 1 is 1.50 bits per heavy atom. The van der Waals surface area contributed by atoms with Gasteiger partial charge in [0.15, 0.2) is 0 Å². The number of hydrogen-bond donors (Lipinski definition) is 1. The van der Waals surface area contributed by atoms with Crippen LogP contribution < -0.4 is 0 Å². The number of aliphatic hydroxyl groups is 1. The maximum absolute atomic E-state index is 8.65. The molecule has 0 aromatic carbocycles. The molecule has 0 spiro atoms. The van der Waals surface area contributed by atoms with Crippen molar-refractivity contribution in [1.29, 1.82) is 0 Å². The summed E-state index contributed by atoms with van der Waals surface area (Å²) >= 11 is 5.32. The van der Waals surface area contributed by atoms with Gasteiger partial charge in [-0.15, -0.1) is 0 Å². The summed E-state index contributed by atoms with van der Waals surface area (Å²) in [5, 5.41) is 8.65. The molecule has 0 rings (SSSR count). The minimum Gasteiger partial charge on any atom is -0.378 e. The van der Waals surface area contributed by atoms with Gasteiger partial charge in [-0.1, -0.05) is 32.4 Å². The molecule has 0 heterocycles. The highest BCUT2D eigenvalue weighted by atomic mass is 35.5. The second-order valence-corrected chi connectivity index (χ2v) is 3.70. The summed E-state index contributed by atoms with van der Waals surface area (Å²) in [6.45, 7) is 6.12. The van der Waals surface area contributed by atoms with E-state index in [1.165, 1.54) is 0 Å². The molecule has 0 saturated heterocycles. The molecule has 1 atom stereocenters. The SMILES string of the molecule is CC(C)(C)C[C@H](O)Cl. The van der Waals surface area contributed by atoms with Crippen LogP contribution in [0.3, 0.4) is 0 Å². The van der Waals surface area contributed by atoms with Crippen molar-refractivity contribution in [2.75, 3.05) is 0 Å². The lowest BCUT2D eigenvalue weighted by Gasteiger charge is -2.17. The molecule has 2 heteroatoms. The fraction of sp³-hybridized carbons (Fsp3) is 1.00. The van der Waals surface area contributed by atoms with Crippen LogP contribution in [0.4, 0.5) is 0 Å². The lowest BCUT2D eigenvalue weighted by Crippen LogP contribution is -2.11. The Morgan fingerprint density at radius 3 is 1.88 bits per heavy atom. The smallest absolute Gasteiger partial charge is 0.128 e. The molecule has 50 valence electrons. The molecular formula is C6H13ClO. The number of hydrogen-bond acceptors (Lipinski definition) is 1. The zero-order chi connectivity index (χ0) is 6.78. The molecule has 1 nitrogen and oxygen atoms in total. The monoisotopic (exact) mass is 136 g/mol. The lowest BCUT2D eigenvalue weighted by molar-refractivity contribution is 0.189. The van der Waals surface area contributed by atoms with Gasteiger partial charge < -0.3 is 5.11 Å². The van der Waals surface area contributed by atoms with Gasteiger partial charge >= 0.3 is 0 Å². The van der Waals surface area contributed by atoms with E-state index in [0.29, 0.717) is 6.42 Å². The first-order valence-corrected chi connectivity index (χ1v) is 3.17. The summed E-state index contributed by atoms with van der Waals surface area (Å²) in [7, 11) is 0. The minimum atomic E-state index is -0.685. The first-order valence-electron chi connectivity index (χ1n) is 2.74. The van der Waals surface area contributed by atoms with Crippen molar-refractivity contribution in [3.05, 3.63) is 0 Å². The van der Waals surface area contributed by atoms with Crippen molar-refractivity contribution < 1.29 is 5.11 Å². The van der Waals surface area contributed by atoms with Gasteiger partial charge in [-0.05, 0) is 11.8 Å². The van der Waals surface area contributed by atoms with E-state index in [1.54, 1.807) is 0 Å². The van der Waals surface area contributed by atoms with Crippen LogP contribution in [0.1, 0.15) is 27.2 Å². The topological polar surface area (TPSA) is 20.2 Å². The van der Waals surface area contributed by atoms with Crippen LogP contribution in [0.15, 0.2) is 0 Å². The zero-order valence-electron chi connectivity index (χ0n) is 5.61. The first kappa shape index (κ1) is 8.25. The third-order valence-corrected chi connectivity index (χ3v) is 0.935. The van der Waals surface area contributed by atoms with Gasteiger partial charge in [-0.2, -0.15) is 0 Å². The molecule has 1 N–H and O–H groups in total. The highest BCUT2D eigenvalue weighted by molar-refractivity contribution is 6.19. The maximum atomic E-state index is 8.65. The molecule has 8 heavy (non-hydrogen) atoms. The maximum Gasteiger partial charge on any atom is 0.128 e. The Hall–Kier alpha value is 0.250. The highest BCUT2D eigenvalue weighted by Gasteiger charge is 2.13. The van der Waals surface area contributed by atoms with Crippen LogP contribution in [-0.2, 0) is 0 Å². The number of rotatable bonds is 1. The van der Waals surface area contributed by atoms with Crippen molar-refractivity contribution in [2.45, 2.75) is 32.8 Å². The van der Waals surface area contributed by atoms with E-state index in [2.05, 4.69) is 0 Å². The molecule has 0 aromatic rings. The van der Waals surface area contributed by atoms with Crippen LogP contribution >= 0.6 is 11.6 Å². The van der Waals surface area contributed by atoms with Gasteiger partial charge in [0.1, 0.15) is 5.56 Å². The summed E-state index contributed by atoms with van der Waals surface area (Å²) in [5.74, 6) is 0. The quantitative estimate of drug-likeness (QED) is 0.547. The summed E-state index contributed by atoms with van der Waals surface area (Å²) in [5.41, 5.74) is -0.545. The standard InChI is InChI=1S/C6H13ClO/c1-6(2,3)4-5(7)8/h5,8H,4H2,1-3H3/t5-/m0/s1. The molecule has 0 saturated carbocycles. The van der Waals surface area contributed by atoms with E-state index < -0.39 is 5.56 Å². The van der Waals surface area contributed by atoms with Crippen molar-refractivity contribution in [3.8, 4) is 0 Å². The molecular weight excluding hydrogens is 124 g/mol. The zero-order valence-corrected chi connectivity index (χ0v) is 6.37. The highest BCUT2D eigenvalue weighted by Crippen LogP contribution is 2.21. The predicted molar refractivity (Wildman–Crippen MR) is 35.9 cm³/mol. The van der Waals surface area contributed by atoms with E-state index in [4.69, 9.17) is 16.7 Å². The van der Waals surface area contributed by atoms with Crippen molar-refractivity contribution in [2.24, 2.45) is 5.41 Å². The van der Waals surface area contributed by atoms with Crippen molar-refractivity contribution >= 4 is 11.6 Å². The average molecular weight is 137 g/mol. The molecule has 0 unspecified atom stereocenters. The van der Waals surface area contributed by atoms with Crippen LogP contribution in [0.5, 0.6) is 0 Å². The second-order valence-electron chi connectivity index (χ2n) is 3.20. The molecule has 0 fully saturated rings. The Balaban J connectivity index is 3.39. The molecule has 0 aromatic heterocycles. The van der Waals surface area contributed by atoms with E-state index in [0.717, 1.165) is 0 Å². The Morgan fingerprint density at radius 2 is 1.88 bits per heavy atom. The van der Waals surface area contributed by atoms with Crippen molar-refractivity contribution in [1.82, 2.24) is 0 Å². The van der Waals surface area contributed by atoms with Crippen LogP contribution in [0.2, 0.25) is 0 Å². The fourth-order valence-corrected chi connectivity index (χ4v) is 0.968. The minimum absolute atomic E-state index is 0.140. The van der Waals surface area contributed by atoms with E-state index in [-0.39, 0.29) is 5.41 Å². The predicted octanol–water partition coefficient (Wildman–Crippen LogP) is 1.98. The molecule has 0 aliphatic heterocycles. The van der Waals surface area contributed by atoms with E-state index in [1.807, 2.05) is 20.8 Å². The summed E-state index contributed by atoms with van der Waals surface area (Å²) in [6, 6.07) is 0. The molecule has 0 aliphatic carbocycles. The van der Waals surface area contributed by atoms with Gasteiger partial charge in [0.2, 0.25) is 0 Å².